The Morgan fingerprint density at radius 3 is 2.36 bits per heavy atom. The van der Waals surface area contributed by atoms with Crippen molar-refractivity contribution in [3.05, 3.63) is 64.3 Å². The van der Waals surface area contributed by atoms with E-state index in [4.69, 9.17) is 16.3 Å². The highest BCUT2D eigenvalue weighted by molar-refractivity contribution is 6.36. The first-order valence-electron chi connectivity index (χ1n) is 7.66. The van der Waals surface area contributed by atoms with E-state index < -0.39 is 0 Å². The van der Waals surface area contributed by atoms with E-state index in [-0.39, 0.29) is 17.5 Å². The minimum Gasteiger partial charge on any atom is -0.497 e. The predicted molar refractivity (Wildman–Crippen MR) is 97.5 cm³/mol. The monoisotopic (exact) mass is 356 g/mol. The van der Waals surface area contributed by atoms with Crippen LogP contribution in [0.3, 0.4) is 0 Å². The van der Waals surface area contributed by atoms with Crippen molar-refractivity contribution in [1.29, 1.82) is 0 Å². The summed E-state index contributed by atoms with van der Waals surface area (Å²) in [5, 5.41) is 3.64. The first-order chi connectivity index (χ1) is 11.9. The lowest BCUT2D eigenvalue weighted by Crippen LogP contribution is -2.28. The minimum atomic E-state index is -0.379. The summed E-state index contributed by atoms with van der Waals surface area (Å²) in [5.41, 5.74) is 2.81. The van der Waals surface area contributed by atoms with Gasteiger partial charge in [0.25, 0.3) is 11.8 Å². The van der Waals surface area contributed by atoms with Crippen LogP contribution in [0.25, 0.3) is 5.57 Å². The van der Waals surface area contributed by atoms with Gasteiger partial charge in [0.15, 0.2) is 0 Å². The van der Waals surface area contributed by atoms with Gasteiger partial charge >= 0.3 is 0 Å². The molecule has 0 bridgehead atoms. The number of hydrogen-bond acceptors (Lipinski definition) is 4. The van der Waals surface area contributed by atoms with E-state index in [0.717, 1.165) is 10.5 Å². The van der Waals surface area contributed by atoms with Crippen LogP contribution in [0.15, 0.2) is 48.2 Å². The summed E-state index contributed by atoms with van der Waals surface area (Å²) < 4.78 is 5.14. The van der Waals surface area contributed by atoms with Crippen molar-refractivity contribution in [3.8, 4) is 5.75 Å². The largest absolute Gasteiger partial charge is 0.497 e. The summed E-state index contributed by atoms with van der Waals surface area (Å²) >= 11 is 6.05. The number of carbonyl (C=O) groups is 2. The zero-order valence-electron chi connectivity index (χ0n) is 14.1. The number of aryl methyl sites for hydroxylation is 1. The Balaban J connectivity index is 2.09. The Kier molecular flexibility index (Phi) is 4.51. The number of amides is 2. The van der Waals surface area contributed by atoms with Crippen molar-refractivity contribution in [2.24, 2.45) is 0 Å². The summed E-state index contributed by atoms with van der Waals surface area (Å²) in [7, 11) is 3.04. The van der Waals surface area contributed by atoms with Crippen molar-refractivity contribution in [2.75, 3.05) is 19.5 Å². The van der Waals surface area contributed by atoms with Gasteiger partial charge in [-0.3, -0.25) is 14.5 Å². The lowest BCUT2D eigenvalue weighted by molar-refractivity contribution is -0.135. The molecule has 128 valence electrons. The van der Waals surface area contributed by atoms with Gasteiger partial charge in [-0.15, -0.1) is 0 Å². The van der Waals surface area contributed by atoms with Crippen molar-refractivity contribution < 1.29 is 14.3 Å². The Morgan fingerprint density at radius 1 is 1.04 bits per heavy atom. The average Bonchev–Trinajstić information content (AvgIpc) is 2.82. The van der Waals surface area contributed by atoms with Crippen LogP contribution in [0.2, 0.25) is 5.02 Å². The number of methoxy groups -OCH3 is 1. The number of halogens is 1. The van der Waals surface area contributed by atoms with Crippen molar-refractivity contribution >= 4 is 34.7 Å². The highest BCUT2D eigenvalue weighted by atomic mass is 35.5. The van der Waals surface area contributed by atoms with Crippen LogP contribution in [-0.2, 0) is 9.59 Å². The predicted octanol–water partition coefficient (Wildman–Crippen LogP) is 3.48. The molecule has 0 atom stereocenters. The maximum absolute atomic E-state index is 12.6. The first kappa shape index (κ1) is 17.0. The third-order valence-corrected chi connectivity index (χ3v) is 4.36. The van der Waals surface area contributed by atoms with Crippen molar-refractivity contribution in [2.45, 2.75) is 6.92 Å². The zero-order chi connectivity index (χ0) is 18.1. The normalized spacial score (nSPS) is 14.3. The maximum atomic E-state index is 12.6. The highest BCUT2D eigenvalue weighted by Gasteiger charge is 2.36. The topological polar surface area (TPSA) is 58.6 Å². The van der Waals surface area contributed by atoms with Gasteiger partial charge in [-0.1, -0.05) is 29.8 Å². The summed E-state index contributed by atoms with van der Waals surface area (Å²) in [4.78, 5) is 26.2. The highest BCUT2D eigenvalue weighted by Crippen LogP contribution is 2.32. The molecule has 6 heteroatoms. The van der Waals surface area contributed by atoms with Crippen LogP contribution >= 0.6 is 11.6 Å². The van der Waals surface area contributed by atoms with Crippen LogP contribution < -0.4 is 10.1 Å². The van der Waals surface area contributed by atoms with E-state index in [1.54, 1.807) is 43.5 Å². The molecule has 1 aliphatic heterocycles. The Bertz CT molecular complexity index is 888. The van der Waals surface area contributed by atoms with Crippen LogP contribution in [0, 0.1) is 6.92 Å². The number of imide groups is 1. The number of ether oxygens (including phenoxy) is 1. The van der Waals surface area contributed by atoms with Gasteiger partial charge in [0.1, 0.15) is 11.4 Å². The smallest absolute Gasteiger partial charge is 0.277 e. The van der Waals surface area contributed by atoms with Gasteiger partial charge in [-0.05, 0) is 42.3 Å². The van der Waals surface area contributed by atoms with E-state index in [1.165, 1.54) is 7.05 Å². The Labute approximate surface area is 150 Å². The van der Waals surface area contributed by atoms with Gasteiger partial charge in [-0.2, -0.15) is 0 Å². The number of rotatable bonds is 4. The second kappa shape index (κ2) is 6.61. The SMILES string of the molecule is COc1ccc(C2=C(Nc3cc(Cl)ccc3C)C(=O)N(C)C2=O)cc1. The molecule has 1 aliphatic rings. The van der Waals surface area contributed by atoms with E-state index in [1.807, 2.05) is 13.0 Å². The second-order valence-electron chi connectivity index (χ2n) is 5.73. The number of anilines is 1. The van der Waals surface area contributed by atoms with Gasteiger partial charge in [-0.25, -0.2) is 0 Å². The number of nitrogens with zero attached hydrogens (tertiary/aromatic N) is 1. The molecule has 0 spiro atoms. The van der Waals surface area contributed by atoms with E-state index in [0.29, 0.717) is 27.6 Å². The maximum Gasteiger partial charge on any atom is 0.277 e. The van der Waals surface area contributed by atoms with E-state index in [2.05, 4.69) is 5.32 Å². The fourth-order valence-electron chi connectivity index (χ4n) is 2.65. The molecule has 2 aromatic rings. The van der Waals surface area contributed by atoms with E-state index >= 15 is 0 Å². The second-order valence-corrected chi connectivity index (χ2v) is 6.17. The summed E-state index contributed by atoms with van der Waals surface area (Å²) in [6, 6.07) is 12.4. The minimum absolute atomic E-state index is 0.239. The van der Waals surface area contributed by atoms with Gasteiger partial charge in [0.05, 0.1) is 12.7 Å². The molecule has 0 radical (unpaired) electrons. The zero-order valence-corrected chi connectivity index (χ0v) is 14.8. The third-order valence-electron chi connectivity index (χ3n) is 4.12. The fraction of sp³-hybridized carbons (Fsp3) is 0.158. The standard InChI is InChI=1S/C19H17ClN2O3/c1-11-4-7-13(20)10-15(11)21-17-16(18(23)22(2)19(17)24)12-5-8-14(25-3)9-6-12/h4-10,21H,1-3H3. The fourth-order valence-corrected chi connectivity index (χ4v) is 2.82. The average molecular weight is 357 g/mol. The lowest BCUT2D eigenvalue weighted by atomic mass is 10.0. The molecule has 5 nitrogen and oxygen atoms in total. The molecule has 0 aliphatic carbocycles. The van der Waals surface area contributed by atoms with Crippen molar-refractivity contribution in [3.63, 3.8) is 0 Å². The molecule has 0 unspecified atom stereocenters. The number of carbonyl (C=O) groups excluding carboxylic acids is 2. The van der Waals surface area contributed by atoms with E-state index in [9.17, 15) is 9.59 Å². The van der Waals surface area contributed by atoms with Gasteiger partial charge in [0.2, 0.25) is 0 Å². The molecular formula is C19H17ClN2O3. The van der Waals surface area contributed by atoms with Crippen LogP contribution in [-0.4, -0.2) is 30.9 Å². The molecule has 0 aromatic heterocycles. The summed E-state index contributed by atoms with van der Waals surface area (Å²) in [6.45, 7) is 1.90. The molecule has 0 saturated carbocycles. The molecule has 1 N–H and O–H groups in total. The van der Waals surface area contributed by atoms with Crippen LogP contribution in [0.4, 0.5) is 5.69 Å². The van der Waals surface area contributed by atoms with Crippen LogP contribution in [0.5, 0.6) is 5.75 Å². The summed E-state index contributed by atoms with van der Waals surface area (Å²) in [6.07, 6.45) is 0. The molecule has 3 rings (SSSR count). The Hall–Kier alpha value is -2.79. The molecule has 2 amide bonds. The number of hydrogen-bond donors (Lipinski definition) is 1. The number of nitrogens with one attached hydrogen (secondary N) is 1. The summed E-state index contributed by atoms with van der Waals surface area (Å²) in [5.74, 6) is -0.0535. The third kappa shape index (κ3) is 3.10. The molecule has 1 heterocycles. The molecular weight excluding hydrogens is 340 g/mol. The quantitative estimate of drug-likeness (QED) is 0.852. The Morgan fingerprint density at radius 2 is 1.72 bits per heavy atom. The first-order valence-corrected chi connectivity index (χ1v) is 8.04. The molecule has 0 fully saturated rings. The van der Waals surface area contributed by atoms with Gasteiger partial charge in [0, 0.05) is 17.8 Å². The molecule has 2 aromatic carbocycles. The van der Waals surface area contributed by atoms with Crippen LogP contribution in [0.1, 0.15) is 11.1 Å². The molecule has 25 heavy (non-hydrogen) atoms. The molecule has 0 saturated heterocycles. The van der Waals surface area contributed by atoms with Crippen molar-refractivity contribution in [1.82, 2.24) is 4.90 Å². The van der Waals surface area contributed by atoms with Gasteiger partial charge < -0.3 is 10.1 Å². The lowest BCUT2D eigenvalue weighted by Gasteiger charge is -2.12. The number of likely N-dealkylation sites (N-methyl/N-ethyl adjacent to an activating group) is 1. The number of benzene rings is 2.